The standard InChI is InChI=1S/C28H42FN/c1-8-24(25(29)14-12-13-20(2)3)27(28(7)17-10-9-11-18-28)23(6)30-26-19-21(4)15-16-22(26)5/h12-14,16,19,21,24,27,30H,2,6,8-11,15,17-18H2,1,3-5,7H3/b13-12-,25-14-. The van der Waals surface area contributed by atoms with Gasteiger partial charge < -0.3 is 5.32 Å². The summed E-state index contributed by atoms with van der Waals surface area (Å²) in [4.78, 5) is 0. The fourth-order valence-corrected chi connectivity index (χ4v) is 5.19. The van der Waals surface area contributed by atoms with Gasteiger partial charge in [0.25, 0.3) is 0 Å². The predicted octanol–water partition coefficient (Wildman–Crippen LogP) is 8.56. The molecular formula is C28H42FN. The molecule has 1 nitrogen and oxygen atoms in total. The van der Waals surface area contributed by atoms with Crippen molar-refractivity contribution in [2.45, 2.75) is 79.6 Å². The molecular weight excluding hydrogens is 369 g/mol. The van der Waals surface area contributed by atoms with Crippen LogP contribution in [0.15, 0.2) is 71.9 Å². The molecule has 1 fully saturated rings. The number of hydrogen-bond acceptors (Lipinski definition) is 1. The fourth-order valence-electron chi connectivity index (χ4n) is 5.19. The highest BCUT2D eigenvalue weighted by Crippen LogP contribution is 2.50. The lowest BCUT2D eigenvalue weighted by Crippen LogP contribution is -2.40. The third kappa shape index (κ3) is 6.33. The Labute approximate surface area is 184 Å². The molecule has 0 radical (unpaired) electrons. The van der Waals surface area contributed by atoms with E-state index in [1.807, 2.05) is 13.0 Å². The first-order chi connectivity index (χ1) is 14.2. The molecule has 2 rings (SSSR count). The minimum Gasteiger partial charge on any atom is -0.359 e. The van der Waals surface area contributed by atoms with Crippen molar-refractivity contribution in [1.82, 2.24) is 5.32 Å². The van der Waals surface area contributed by atoms with Gasteiger partial charge in [0.2, 0.25) is 0 Å². The molecule has 0 amide bonds. The largest absolute Gasteiger partial charge is 0.359 e. The molecule has 0 spiro atoms. The number of allylic oxidation sites excluding steroid dienone is 9. The Balaban J connectivity index is 2.37. The first-order valence-electron chi connectivity index (χ1n) is 11.7. The van der Waals surface area contributed by atoms with Crippen molar-refractivity contribution in [1.29, 1.82) is 0 Å². The van der Waals surface area contributed by atoms with E-state index in [2.05, 4.69) is 58.3 Å². The van der Waals surface area contributed by atoms with Crippen molar-refractivity contribution in [3.8, 4) is 0 Å². The third-order valence-corrected chi connectivity index (χ3v) is 6.92. The fraction of sp³-hybridized carbons (Fsp3) is 0.571. The van der Waals surface area contributed by atoms with Crippen LogP contribution >= 0.6 is 0 Å². The Bertz CT molecular complexity index is 743. The number of halogens is 1. The summed E-state index contributed by atoms with van der Waals surface area (Å²) in [5, 5.41) is 3.64. The van der Waals surface area contributed by atoms with Crippen molar-refractivity contribution in [2.75, 3.05) is 0 Å². The quantitative estimate of drug-likeness (QED) is 0.375. The molecule has 3 unspecified atom stereocenters. The van der Waals surface area contributed by atoms with Crippen molar-refractivity contribution in [2.24, 2.45) is 23.2 Å². The Morgan fingerprint density at radius 1 is 1.30 bits per heavy atom. The summed E-state index contributed by atoms with van der Waals surface area (Å²) < 4.78 is 15.5. The van der Waals surface area contributed by atoms with Gasteiger partial charge in [-0.15, -0.1) is 0 Å². The lowest BCUT2D eigenvalue weighted by atomic mass is 9.61. The van der Waals surface area contributed by atoms with E-state index in [1.165, 1.54) is 24.8 Å². The average molecular weight is 412 g/mol. The average Bonchev–Trinajstić information content (AvgIpc) is 2.68. The van der Waals surface area contributed by atoms with Crippen LogP contribution < -0.4 is 5.32 Å². The Morgan fingerprint density at radius 2 is 1.97 bits per heavy atom. The zero-order valence-electron chi connectivity index (χ0n) is 19.9. The maximum Gasteiger partial charge on any atom is 0.104 e. The highest BCUT2D eigenvalue weighted by molar-refractivity contribution is 5.35. The summed E-state index contributed by atoms with van der Waals surface area (Å²) in [5.74, 6) is 0.351. The normalized spacial score (nSPS) is 24.1. The highest BCUT2D eigenvalue weighted by Gasteiger charge is 2.42. The first kappa shape index (κ1) is 24.4. The van der Waals surface area contributed by atoms with Crippen molar-refractivity contribution < 1.29 is 4.39 Å². The maximum absolute atomic E-state index is 15.5. The number of hydrogen-bond donors (Lipinski definition) is 1. The smallest absolute Gasteiger partial charge is 0.104 e. The van der Waals surface area contributed by atoms with E-state index in [0.29, 0.717) is 5.92 Å². The van der Waals surface area contributed by atoms with E-state index in [1.54, 1.807) is 12.2 Å². The second-order valence-corrected chi connectivity index (χ2v) is 9.79. The molecule has 1 saturated carbocycles. The van der Waals surface area contributed by atoms with Crippen LogP contribution in [0.5, 0.6) is 0 Å². The Morgan fingerprint density at radius 3 is 2.57 bits per heavy atom. The van der Waals surface area contributed by atoms with Gasteiger partial charge in [-0.2, -0.15) is 0 Å². The van der Waals surface area contributed by atoms with E-state index < -0.39 is 0 Å². The monoisotopic (exact) mass is 411 g/mol. The van der Waals surface area contributed by atoms with Crippen LogP contribution in [0, 0.1) is 23.2 Å². The molecule has 0 aromatic heterocycles. The van der Waals surface area contributed by atoms with Crippen molar-refractivity contribution >= 4 is 0 Å². The minimum atomic E-state index is -0.172. The van der Waals surface area contributed by atoms with Crippen LogP contribution in [0.3, 0.4) is 0 Å². The van der Waals surface area contributed by atoms with E-state index >= 15 is 4.39 Å². The Kier molecular flexibility index (Phi) is 8.94. The molecule has 2 aliphatic carbocycles. The summed E-state index contributed by atoms with van der Waals surface area (Å²) in [6.07, 6.45) is 17.7. The molecule has 0 aliphatic heterocycles. The van der Waals surface area contributed by atoms with Gasteiger partial charge in [0.05, 0.1) is 0 Å². The first-order valence-corrected chi connectivity index (χ1v) is 11.7. The molecule has 2 aliphatic rings. The van der Waals surface area contributed by atoms with Crippen LogP contribution in [-0.2, 0) is 0 Å². The predicted molar refractivity (Wildman–Crippen MR) is 130 cm³/mol. The van der Waals surface area contributed by atoms with Crippen LogP contribution in [0.25, 0.3) is 0 Å². The highest BCUT2D eigenvalue weighted by atomic mass is 19.1. The summed E-state index contributed by atoms with van der Waals surface area (Å²) in [7, 11) is 0. The van der Waals surface area contributed by atoms with Gasteiger partial charge in [0, 0.05) is 23.2 Å². The van der Waals surface area contributed by atoms with Gasteiger partial charge in [-0.05, 0) is 62.5 Å². The summed E-state index contributed by atoms with van der Waals surface area (Å²) in [6.45, 7) is 19.1. The van der Waals surface area contributed by atoms with Gasteiger partial charge in [-0.1, -0.05) is 83.1 Å². The van der Waals surface area contributed by atoms with Gasteiger partial charge in [0.15, 0.2) is 0 Å². The number of nitrogens with one attached hydrogen (secondary N) is 1. The minimum absolute atomic E-state index is 0.0481. The lowest BCUT2D eigenvalue weighted by Gasteiger charge is -2.45. The van der Waals surface area contributed by atoms with E-state index in [0.717, 1.165) is 42.7 Å². The molecule has 30 heavy (non-hydrogen) atoms. The van der Waals surface area contributed by atoms with E-state index in [9.17, 15) is 0 Å². The molecule has 0 heterocycles. The van der Waals surface area contributed by atoms with Gasteiger partial charge in [-0.25, -0.2) is 4.39 Å². The van der Waals surface area contributed by atoms with Crippen LogP contribution in [0.1, 0.15) is 79.6 Å². The van der Waals surface area contributed by atoms with Crippen LogP contribution in [0.2, 0.25) is 0 Å². The van der Waals surface area contributed by atoms with E-state index in [4.69, 9.17) is 0 Å². The summed E-state index contributed by atoms with van der Waals surface area (Å²) >= 11 is 0. The summed E-state index contributed by atoms with van der Waals surface area (Å²) in [5.41, 5.74) is 4.35. The maximum atomic E-state index is 15.5. The second-order valence-electron chi connectivity index (χ2n) is 9.79. The van der Waals surface area contributed by atoms with Gasteiger partial charge in [-0.3, -0.25) is 0 Å². The Hall–Kier alpha value is -1.83. The molecule has 2 heteroatoms. The van der Waals surface area contributed by atoms with Gasteiger partial charge in [0.1, 0.15) is 5.83 Å². The molecule has 166 valence electrons. The SMILES string of the molecule is C=C(C)/C=C\C=C(/F)C(CC)C(C(=C)NC1=CC(C)CC=C1C)C1(C)CCCCC1. The van der Waals surface area contributed by atoms with E-state index in [-0.39, 0.29) is 23.1 Å². The zero-order valence-corrected chi connectivity index (χ0v) is 19.9. The molecule has 0 bridgehead atoms. The molecule has 0 aromatic carbocycles. The zero-order chi connectivity index (χ0) is 22.3. The molecule has 3 atom stereocenters. The topological polar surface area (TPSA) is 12.0 Å². The molecule has 0 aromatic rings. The van der Waals surface area contributed by atoms with Crippen molar-refractivity contribution in [3.05, 3.63) is 71.9 Å². The molecule has 1 N–H and O–H groups in total. The van der Waals surface area contributed by atoms with Crippen molar-refractivity contribution in [3.63, 3.8) is 0 Å². The number of rotatable bonds is 9. The van der Waals surface area contributed by atoms with Crippen LogP contribution in [-0.4, -0.2) is 0 Å². The van der Waals surface area contributed by atoms with Crippen LogP contribution in [0.4, 0.5) is 4.39 Å². The third-order valence-electron chi connectivity index (χ3n) is 6.92. The summed E-state index contributed by atoms with van der Waals surface area (Å²) in [6, 6.07) is 0. The molecule has 0 saturated heterocycles. The lowest BCUT2D eigenvalue weighted by molar-refractivity contribution is 0.0951. The second kappa shape index (κ2) is 11.0. The van der Waals surface area contributed by atoms with Gasteiger partial charge >= 0.3 is 0 Å².